The van der Waals surface area contributed by atoms with Gasteiger partial charge in [-0.1, -0.05) is 6.92 Å². The van der Waals surface area contributed by atoms with E-state index in [1.165, 1.54) is 0 Å². The van der Waals surface area contributed by atoms with Crippen molar-refractivity contribution in [1.82, 2.24) is 5.32 Å². The largest absolute Gasteiger partial charge is 0.462 e. The zero-order chi connectivity index (χ0) is 9.41. The van der Waals surface area contributed by atoms with Crippen LogP contribution < -0.4 is 5.32 Å². The predicted octanol–water partition coefficient (Wildman–Crippen LogP) is 1.08. The SMILES string of the molecule is CC[C@@]1(C)NC(C)(C)COC1=O. The molecule has 1 N–H and O–H groups in total. The average Bonchev–Trinajstić information content (AvgIpc) is 1.97. The van der Waals surface area contributed by atoms with Gasteiger partial charge in [-0.15, -0.1) is 0 Å². The van der Waals surface area contributed by atoms with Crippen LogP contribution in [0.25, 0.3) is 0 Å². The van der Waals surface area contributed by atoms with Gasteiger partial charge in [0.25, 0.3) is 0 Å². The second kappa shape index (κ2) is 2.73. The number of ether oxygens (including phenoxy) is 1. The average molecular weight is 171 g/mol. The lowest BCUT2D eigenvalue weighted by molar-refractivity contribution is -0.161. The lowest BCUT2D eigenvalue weighted by atomic mass is 9.91. The Labute approximate surface area is 73.5 Å². The molecule has 70 valence electrons. The first-order valence-corrected chi connectivity index (χ1v) is 4.36. The molecule has 1 aliphatic heterocycles. The Balaban J connectivity index is 2.79. The minimum atomic E-state index is -0.498. The topological polar surface area (TPSA) is 38.3 Å². The standard InChI is InChI=1S/C9H17NO2/c1-5-9(4)7(11)12-6-8(2,3)10-9/h10H,5-6H2,1-4H3/t9-/m1/s1. The molecular formula is C9H17NO2. The van der Waals surface area contributed by atoms with Gasteiger partial charge >= 0.3 is 5.97 Å². The van der Waals surface area contributed by atoms with E-state index in [0.29, 0.717) is 6.61 Å². The van der Waals surface area contributed by atoms with Crippen molar-refractivity contribution < 1.29 is 9.53 Å². The van der Waals surface area contributed by atoms with Gasteiger partial charge in [0, 0.05) is 5.54 Å². The summed E-state index contributed by atoms with van der Waals surface area (Å²) in [7, 11) is 0. The Hall–Kier alpha value is -0.570. The number of nitrogens with one attached hydrogen (secondary N) is 1. The molecule has 3 nitrogen and oxygen atoms in total. The van der Waals surface area contributed by atoms with Gasteiger partial charge in [-0.05, 0) is 27.2 Å². The smallest absolute Gasteiger partial charge is 0.326 e. The maximum atomic E-state index is 11.4. The second-order valence-corrected chi connectivity index (χ2v) is 4.27. The van der Waals surface area contributed by atoms with E-state index in [1.807, 2.05) is 27.7 Å². The highest BCUT2D eigenvalue weighted by molar-refractivity contribution is 5.81. The van der Waals surface area contributed by atoms with Gasteiger partial charge in [-0.3, -0.25) is 10.1 Å². The lowest BCUT2D eigenvalue weighted by Crippen LogP contribution is -2.64. The van der Waals surface area contributed by atoms with Crippen LogP contribution in [0.1, 0.15) is 34.1 Å². The predicted molar refractivity (Wildman–Crippen MR) is 46.9 cm³/mol. The molecule has 1 saturated heterocycles. The third-order valence-corrected chi connectivity index (χ3v) is 2.34. The van der Waals surface area contributed by atoms with E-state index in [2.05, 4.69) is 5.32 Å². The normalized spacial score (nSPS) is 34.5. The Bertz CT molecular complexity index is 201. The zero-order valence-corrected chi connectivity index (χ0v) is 8.23. The number of carbonyl (C=O) groups excluding carboxylic acids is 1. The Morgan fingerprint density at radius 2 is 2.08 bits per heavy atom. The summed E-state index contributed by atoms with van der Waals surface area (Å²) in [5, 5.41) is 3.29. The van der Waals surface area contributed by atoms with E-state index >= 15 is 0 Å². The Kier molecular flexibility index (Phi) is 2.17. The molecule has 0 amide bonds. The monoisotopic (exact) mass is 171 g/mol. The number of carbonyl (C=O) groups is 1. The van der Waals surface area contributed by atoms with Crippen LogP contribution in [0.3, 0.4) is 0 Å². The molecule has 0 aromatic heterocycles. The molecule has 0 spiro atoms. The van der Waals surface area contributed by atoms with Crippen LogP contribution in [-0.4, -0.2) is 23.7 Å². The van der Waals surface area contributed by atoms with Crippen molar-refractivity contribution in [2.24, 2.45) is 0 Å². The van der Waals surface area contributed by atoms with Gasteiger partial charge in [-0.2, -0.15) is 0 Å². The number of rotatable bonds is 1. The van der Waals surface area contributed by atoms with Gasteiger partial charge in [0.15, 0.2) is 0 Å². The summed E-state index contributed by atoms with van der Waals surface area (Å²) >= 11 is 0. The highest BCUT2D eigenvalue weighted by Gasteiger charge is 2.42. The summed E-state index contributed by atoms with van der Waals surface area (Å²) in [6.07, 6.45) is 0.759. The fourth-order valence-corrected chi connectivity index (χ4v) is 1.47. The van der Waals surface area contributed by atoms with Crippen LogP contribution in [0.15, 0.2) is 0 Å². The van der Waals surface area contributed by atoms with Gasteiger partial charge in [0.05, 0.1) is 0 Å². The van der Waals surface area contributed by atoms with Crippen molar-refractivity contribution in [3.05, 3.63) is 0 Å². The van der Waals surface area contributed by atoms with Crippen molar-refractivity contribution >= 4 is 5.97 Å². The molecule has 0 saturated carbocycles. The van der Waals surface area contributed by atoms with Crippen LogP contribution in [-0.2, 0) is 9.53 Å². The number of morpholine rings is 1. The molecule has 1 heterocycles. The summed E-state index contributed by atoms with van der Waals surface area (Å²) in [5.41, 5.74) is -0.597. The number of cyclic esters (lactones) is 1. The first-order chi connectivity index (χ1) is 5.40. The number of esters is 1. The maximum Gasteiger partial charge on any atom is 0.326 e. The van der Waals surface area contributed by atoms with Crippen molar-refractivity contribution in [2.45, 2.75) is 45.2 Å². The number of hydrogen-bond acceptors (Lipinski definition) is 3. The second-order valence-electron chi connectivity index (χ2n) is 4.27. The van der Waals surface area contributed by atoms with Gasteiger partial charge in [0.2, 0.25) is 0 Å². The summed E-state index contributed by atoms with van der Waals surface area (Å²) in [6.45, 7) is 8.40. The summed E-state index contributed by atoms with van der Waals surface area (Å²) < 4.78 is 5.10. The van der Waals surface area contributed by atoms with E-state index < -0.39 is 5.54 Å². The minimum Gasteiger partial charge on any atom is -0.462 e. The van der Waals surface area contributed by atoms with Gasteiger partial charge < -0.3 is 4.74 Å². The van der Waals surface area contributed by atoms with Crippen LogP contribution >= 0.6 is 0 Å². The Morgan fingerprint density at radius 1 is 1.50 bits per heavy atom. The first-order valence-electron chi connectivity index (χ1n) is 4.36. The fourth-order valence-electron chi connectivity index (χ4n) is 1.47. The molecule has 0 bridgehead atoms. The molecule has 0 aromatic rings. The quantitative estimate of drug-likeness (QED) is 0.600. The van der Waals surface area contributed by atoms with E-state index in [4.69, 9.17) is 4.74 Å². The number of hydrogen-bond donors (Lipinski definition) is 1. The van der Waals surface area contributed by atoms with Crippen molar-refractivity contribution in [2.75, 3.05) is 6.61 Å². The van der Waals surface area contributed by atoms with Crippen LogP contribution in [0.4, 0.5) is 0 Å². The maximum absolute atomic E-state index is 11.4. The molecule has 1 atom stereocenters. The molecule has 1 fully saturated rings. The van der Waals surface area contributed by atoms with Crippen molar-refractivity contribution in [1.29, 1.82) is 0 Å². The van der Waals surface area contributed by atoms with E-state index in [0.717, 1.165) is 6.42 Å². The molecule has 0 radical (unpaired) electrons. The first kappa shape index (κ1) is 9.52. The molecule has 1 rings (SSSR count). The van der Waals surface area contributed by atoms with Crippen molar-refractivity contribution in [3.8, 4) is 0 Å². The molecule has 12 heavy (non-hydrogen) atoms. The lowest BCUT2D eigenvalue weighted by Gasteiger charge is -2.41. The Morgan fingerprint density at radius 3 is 2.50 bits per heavy atom. The minimum absolute atomic E-state index is 0.0985. The van der Waals surface area contributed by atoms with E-state index in [9.17, 15) is 4.79 Å². The highest BCUT2D eigenvalue weighted by Crippen LogP contribution is 2.22. The molecule has 3 heteroatoms. The molecular weight excluding hydrogens is 154 g/mol. The van der Waals surface area contributed by atoms with Crippen LogP contribution in [0.2, 0.25) is 0 Å². The third kappa shape index (κ3) is 1.61. The summed E-state index contributed by atoms with van der Waals surface area (Å²) in [6, 6.07) is 0. The van der Waals surface area contributed by atoms with E-state index in [1.54, 1.807) is 0 Å². The zero-order valence-electron chi connectivity index (χ0n) is 8.23. The fraction of sp³-hybridized carbons (Fsp3) is 0.889. The summed E-state index contributed by atoms with van der Waals surface area (Å²) in [4.78, 5) is 11.4. The van der Waals surface area contributed by atoms with Crippen LogP contribution in [0, 0.1) is 0 Å². The highest BCUT2D eigenvalue weighted by atomic mass is 16.5. The van der Waals surface area contributed by atoms with Crippen molar-refractivity contribution in [3.63, 3.8) is 0 Å². The molecule has 0 unspecified atom stereocenters. The molecule has 1 aliphatic rings. The van der Waals surface area contributed by atoms with E-state index in [-0.39, 0.29) is 11.5 Å². The van der Waals surface area contributed by atoms with Gasteiger partial charge in [0.1, 0.15) is 12.1 Å². The third-order valence-electron chi connectivity index (χ3n) is 2.34. The van der Waals surface area contributed by atoms with Crippen LogP contribution in [0.5, 0.6) is 0 Å². The molecule has 0 aromatic carbocycles. The summed E-state index contributed by atoms with van der Waals surface area (Å²) in [5.74, 6) is -0.135. The van der Waals surface area contributed by atoms with Gasteiger partial charge in [-0.25, -0.2) is 0 Å². The molecule has 0 aliphatic carbocycles.